The van der Waals surface area contributed by atoms with Crippen LogP contribution in [-0.2, 0) is 11.4 Å². The van der Waals surface area contributed by atoms with Gasteiger partial charge in [0.15, 0.2) is 11.5 Å². The topological polar surface area (TPSA) is 56.9 Å². The third-order valence-electron chi connectivity index (χ3n) is 4.04. The lowest BCUT2D eigenvalue weighted by Crippen LogP contribution is -2.09. The Morgan fingerprint density at radius 2 is 1.88 bits per heavy atom. The van der Waals surface area contributed by atoms with Crippen molar-refractivity contribution in [1.82, 2.24) is 5.16 Å². The summed E-state index contributed by atoms with van der Waals surface area (Å²) in [5, 5.41) is 8.10. The molecule has 0 atom stereocenters. The zero-order chi connectivity index (χ0) is 18.5. The molecule has 0 fully saturated rings. The predicted octanol–water partition coefficient (Wildman–Crippen LogP) is 4.58. The van der Waals surface area contributed by atoms with Gasteiger partial charge >= 0.3 is 0 Å². The molecule has 0 aliphatic heterocycles. The van der Waals surface area contributed by atoms with Gasteiger partial charge in [-0.15, -0.1) is 0 Å². The zero-order valence-corrected chi connectivity index (χ0v) is 15.4. The molecule has 1 aromatic heterocycles. The van der Waals surface area contributed by atoms with E-state index in [1.165, 1.54) is 7.11 Å². The number of aryl methyl sites for hydroxylation is 3. The molecule has 0 radical (unpaired) electrons. The quantitative estimate of drug-likeness (QED) is 0.482. The van der Waals surface area contributed by atoms with E-state index in [0.29, 0.717) is 18.1 Å². The summed E-state index contributed by atoms with van der Waals surface area (Å²) in [7, 11) is 1.51. The van der Waals surface area contributed by atoms with Crippen molar-refractivity contribution in [2.75, 3.05) is 7.11 Å². The Hall–Kier alpha value is -3.08. The van der Waals surface area contributed by atoms with E-state index in [0.717, 1.165) is 33.7 Å². The van der Waals surface area contributed by atoms with E-state index in [1.807, 2.05) is 50.2 Å². The van der Waals surface area contributed by atoms with Gasteiger partial charge in [0.05, 0.1) is 5.69 Å². The van der Waals surface area contributed by atoms with Crippen LogP contribution < -0.4 is 4.74 Å². The number of benzene rings is 2. The number of ether oxygens (including phenoxy) is 1. The highest BCUT2D eigenvalue weighted by molar-refractivity contribution is 6.11. The summed E-state index contributed by atoms with van der Waals surface area (Å²) in [6, 6.07) is 15.9. The second-order valence-corrected chi connectivity index (χ2v) is 6.17. The van der Waals surface area contributed by atoms with Crippen molar-refractivity contribution < 1.29 is 14.1 Å². The summed E-state index contributed by atoms with van der Waals surface area (Å²) < 4.78 is 11.5. The molecule has 0 unspecified atom stereocenters. The summed E-state index contributed by atoms with van der Waals surface area (Å²) >= 11 is 0. The molecule has 3 aromatic rings. The molecular weight excluding hydrogens is 328 g/mol. The van der Waals surface area contributed by atoms with Crippen LogP contribution in [0.3, 0.4) is 0 Å². The van der Waals surface area contributed by atoms with Crippen molar-refractivity contribution in [2.45, 2.75) is 27.4 Å². The van der Waals surface area contributed by atoms with E-state index in [-0.39, 0.29) is 0 Å². The van der Waals surface area contributed by atoms with Crippen molar-refractivity contribution in [1.29, 1.82) is 0 Å². The minimum Gasteiger partial charge on any atom is -0.489 e. The number of nitrogens with zero attached hydrogens (tertiary/aromatic N) is 2. The highest BCUT2D eigenvalue weighted by atomic mass is 16.6. The summed E-state index contributed by atoms with van der Waals surface area (Å²) in [5.41, 5.74) is 5.51. The Balaban J connectivity index is 1.92. The molecule has 2 aromatic carbocycles. The van der Waals surface area contributed by atoms with Crippen LogP contribution in [0.15, 0.2) is 58.2 Å². The SMILES string of the molecule is CO/N=C(/c1cc(C)no1)c1ccccc1COc1cc(C)ccc1C. The number of oxime groups is 1. The van der Waals surface area contributed by atoms with Crippen molar-refractivity contribution in [3.8, 4) is 5.75 Å². The van der Waals surface area contributed by atoms with E-state index in [4.69, 9.17) is 14.1 Å². The second-order valence-electron chi connectivity index (χ2n) is 6.17. The van der Waals surface area contributed by atoms with Crippen molar-refractivity contribution >= 4 is 5.71 Å². The van der Waals surface area contributed by atoms with Crippen molar-refractivity contribution in [3.05, 3.63) is 82.2 Å². The molecule has 5 heteroatoms. The summed E-state index contributed by atoms with van der Waals surface area (Å²) in [5.74, 6) is 1.43. The van der Waals surface area contributed by atoms with Gasteiger partial charge in [-0.25, -0.2) is 0 Å². The van der Waals surface area contributed by atoms with Crippen LogP contribution in [0.5, 0.6) is 5.75 Å². The number of hydrogen-bond donors (Lipinski definition) is 0. The minimum absolute atomic E-state index is 0.413. The maximum absolute atomic E-state index is 6.07. The fourth-order valence-electron chi connectivity index (χ4n) is 2.69. The molecule has 134 valence electrons. The third kappa shape index (κ3) is 3.94. The molecule has 0 amide bonds. The number of rotatable bonds is 6. The van der Waals surface area contributed by atoms with E-state index >= 15 is 0 Å². The average molecular weight is 350 g/mol. The first kappa shape index (κ1) is 17.7. The Kier molecular flexibility index (Phi) is 5.37. The van der Waals surface area contributed by atoms with E-state index in [9.17, 15) is 0 Å². The first-order valence-corrected chi connectivity index (χ1v) is 8.41. The van der Waals surface area contributed by atoms with Crippen LogP contribution in [0.4, 0.5) is 0 Å². The molecule has 0 aliphatic rings. The average Bonchev–Trinajstić information content (AvgIpc) is 3.07. The second kappa shape index (κ2) is 7.87. The van der Waals surface area contributed by atoms with Gasteiger partial charge in [0.25, 0.3) is 0 Å². The lowest BCUT2D eigenvalue weighted by molar-refractivity contribution is 0.212. The van der Waals surface area contributed by atoms with E-state index in [2.05, 4.69) is 29.4 Å². The highest BCUT2D eigenvalue weighted by Gasteiger charge is 2.17. The monoisotopic (exact) mass is 350 g/mol. The van der Waals surface area contributed by atoms with Crippen molar-refractivity contribution in [2.24, 2.45) is 5.16 Å². The Bertz CT molecular complexity index is 929. The van der Waals surface area contributed by atoms with Gasteiger partial charge < -0.3 is 14.1 Å². The molecule has 0 saturated carbocycles. The number of aromatic nitrogens is 1. The van der Waals surface area contributed by atoms with E-state index in [1.54, 1.807) is 0 Å². The summed E-state index contributed by atoms with van der Waals surface area (Å²) in [6.45, 7) is 6.37. The van der Waals surface area contributed by atoms with Gasteiger partial charge in [-0.3, -0.25) is 0 Å². The molecule has 0 bridgehead atoms. The maximum Gasteiger partial charge on any atom is 0.189 e. The maximum atomic E-state index is 6.07. The molecule has 0 aliphatic carbocycles. The standard InChI is InChI=1S/C21H22N2O3/c1-14-9-10-15(2)19(11-14)25-13-17-7-5-6-8-18(17)21(23-24-4)20-12-16(3)22-26-20/h5-12H,13H2,1-4H3/b23-21+. The predicted molar refractivity (Wildman–Crippen MR) is 101 cm³/mol. The van der Waals surface area contributed by atoms with Gasteiger partial charge in [0, 0.05) is 11.6 Å². The zero-order valence-electron chi connectivity index (χ0n) is 15.4. The minimum atomic E-state index is 0.413. The Labute approximate surface area is 153 Å². The molecule has 26 heavy (non-hydrogen) atoms. The fraction of sp³-hybridized carbons (Fsp3) is 0.238. The largest absolute Gasteiger partial charge is 0.489 e. The fourth-order valence-corrected chi connectivity index (χ4v) is 2.69. The molecule has 0 spiro atoms. The molecule has 1 heterocycles. The highest BCUT2D eigenvalue weighted by Crippen LogP contribution is 2.23. The lowest BCUT2D eigenvalue weighted by atomic mass is 10.0. The molecule has 5 nitrogen and oxygen atoms in total. The van der Waals surface area contributed by atoms with Gasteiger partial charge in [-0.2, -0.15) is 0 Å². The van der Waals surface area contributed by atoms with Gasteiger partial charge in [0.1, 0.15) is 19.5 Å². The Morgan fingerprint density at radius 1 is 1.08 bits per heavy atom. The van der Waals surface area contributed by atoms with E-state index < -0.39 is 0 Å². The van der Waals surface area contributed by atoms with Crippen LogP contribution in [0.25, 0.3) is 0 Å². The van der Waals surface area contributed by atoms with Crippen LogP contribution in [-0.4, -0.2) is 18.0 Å². The molecule has 0 saturated heterocycles. The van der Waals surface area contributed by atoms with Crippen molar-refractivity contribution in [3.63, 3.8) is 0 Å². The van der Waals surface area contributed by atoms with Gasteiger partial charge in [0.2, 0.25) is 0 Å². The molecular formula is C21H22N2O3. The van der Waals surface area contributed by atoms with Crippen LogP contribution in [0.1, 0.15) is 33.7 Å². The van der Waals surface area contributed by atoms with Crippen LogP contribution >= 0.6 is 0 Å². The first-order chi connectivity index (χ1) is 12.6. The lowest BCUT2D eigenvalue weighted by Gasteiger charge is -2.13. The van der Waals surface area contributed by atoms with Crippen LogP contribution in [0.2, 0.25) is 0 Å². The normalized spacial score (nSPS) is 11.5. The van der Waals surface area contributed by atoms with Gasteiger partial charge in [-0.05, 0) is 43.5 Å². The number of hydrogen-bond acceptors (Lipinski definition) is 5. The molecule has 3 rings (SSSR count). The third-order valence-corrected chi connectivity index (χ3v) is 4.04. The molecule has 0 N–H and O–H groups in total. The summed E-state index contributed by atoms with van der Waals surface area (Å²) in [6.07, 6.45) is 0. The first-order valence-electron chi connectivity index (χ1n) is 8.41. The van der Waals surface area contributed by atoms with Crippen LogP contribution in [0, 0.1) is 20.8 Å². The Morgan fingerprint density at radius 3 is 2.62 bits per heavy atom. The summed E-state index contributed by atoms with van der Waals surface area (Å²) in [4.78, 5) is 5.03. The van der Waals surface area contributed by atoms with Gasteiger partial charge in [-0.1, -0.05) is 46.7 Å². The smallest absolute Gasteiger partial charge is 0.189 e.